The molecule has 0 fully saturated rings. The molecule has 3 aliphatic rings. The average molecular weight is 786 g/mol. The van der Waals surface area contributed by atoms with E-state index in [0.29, 0.717) is 12.3 Å². The maximum atomic E-state index is 6.76. The molecular formula is C59H47NO. The zero-order valence-corrected chi connectivity index (χ0v) is 34.4. The summed E-state index contributed by atoms with van der Waals surface area (Å²) in [5.41, 5.74) is 11.4. The summed E-state index contributed by atoms with van der Waals surface area (Å²) in [4.78, 5) is 5.60. The molecule has 8 aromatic rings. The van der Waals surface area contributed by atoms with E-state index in [1.807, 2.05) is 0 Å². The normalized spacial score (nSPS) is 20.5. The van der Waals surface area contributed by atoms with Crippen LogP contribution in [0.2, 0.25) is 0 Å². The van der Waals surface area contributed by atoms with Crippen molar-refractivity contribution >= 4 is 32.8 Å². The summed E-state index contributed by atoms with van der Waals surface area (Å²) < 4.78 is 6.76. The SMILES string of the molecule is C=C1CC(c2ccccc2C2C=CCC(C)C2C2(c3ccccc3)c3ccccc3Oc3ccccc32)=CC(c2ccc3c(ccc4ccccc43)c2)=NC1c1ccccc1. The number of benzene rings is 8. The molecule has 8 aromatic carbocycles. The molecule has 0 spiro atoms. The van der Waals surface area contributed by atoms with Crippen molar-refractivity contribution in [2.75, 3.05) is 0 Å². The van der Waals surface area contributed by atoms with Crippen molar-refractivity contribution in [2.45, 2.75) is 37.1 Å². The highest BCUT2D eigenvalue weighted by Crippen LogP contribution is 2.62. The van der Waals surface area contributed by atoms with Gasteiger partial charge in [-0.15, -0.1) is 0 Å². The summed E-state index contributed by atoms with van der Waals surface area (Å²) in [7, 11) is 0. The Morgan fingerprint density at radius 3 is 2.05 bits per heavy atom. The molecule has 0 saturated carbocycles. The molecule has 294 valence electrons. The maximum absolute atomic E-state index is 6.76. The summed E-state index contributed by atoms with van der Waals surface area (Å²) in [5, 5.41) is 4.98. The molecule has 2 heteroatoms. The second-order valence-electron chi connectivity index (χ2n) is 17.1. The van der Waals surface area contributed by atoms with Gasteiger partial charge in [0, 0.05) is 22.6 Å². The van der Waals surface area contributed by atoms with Crippen molar-refractivity contribution in [1.82, 2.24) is 0 Å². The second-order valence-corrected chi connectivity index (χ2v) is 17.1. The Morgan fingerprint density at radius 1 is 0.623 bits per heavy atom. The van der Waals surface area contributed by atoms with E-state index in [2.05, 4.69) is 213 Å². The van der Waals surface area contributed by atoms with Crippen LogP contribution in [0.1, 0.15) is 70.7 Å². The lowest BCUT2D eigenvalue weighted by atomic mass is 9.52. The highest BCUT2D eigenvalue weighted by molar-refractivity contribution is 6.16. The lowest BCUT2D eigenvalue weighted by molar-refractivity contribution is 0.215. The number of nitrogens with zero attached hydrogens (tertiary/aromatic N) is 1. The highest BCUT2D eigenvalue weighted by atomic mass is 16.5. The Morgan fingerprint density at radius 2 is 1.26 bits per heavy atom. The third-order valence-corrected chi connectivity index (χ3v) is 13.6. The molecule has 2 nitrogen and oxygen atoms in total. The van der Waals surface area contributed by atoms with Gasteiger partial charge >= 0.3 is 0 Å². The van der Waals surface area contributed by atoms with E-state index in [4.69, 9.17) is 16.3 Å². The number of ether oxygens (including phenoxy) is 1. The largest absolute Gasteiger partial charge is 0.457 e. The predicted molar refractivity (Wildman–Crippen MR) is 254 cm³/mol. The standard InChI is InChI=1S/C59H47NO/c1-39-18-17-27-51(57(39)59(46-22-7-4-8-23-46)52-28-13-15-30-55(52)61-56-31-16-14-29-53(56)59)50-26-12-11-25-48(50)45-36-40(2)58(42-20-5-3-6-21-42)60-54(38-45)44-34-35-49-43(37-44)33-32-41-19-9-10-24-47(41)49/h3-17,19-35,37-39,51,57-58H,2,18,36H2,1H3. The van der Waals surface area contributed by atoms with Crippen LogP contribution in [0.4, 0.5) is 0 Å². The van der Waals surface area contributed by atoms with E-state index in [0.717, 1.165) is 40.3 Å². The lowest BCUT2D eigenvalue weighted by Crippen LogP contribution is -2.46. The molecule has 1 aliphatic carbocycles. The molecule has 0 saturated heterocycles. The van der Waals surface area contributed by atoms with Gasteiger partial charge in [0.05, 0.1) is 17.2 Å². The predicted octanol–water partition coefficient (Wildman–Crippen LogP) is 15.0. The van der Waals surface area contributed by atoms with Gasteiger partial charge in [0.2, 0.25) is 0 Å². The molecule has 0 bridgehead atoms. The molecule has 4 unspecified atom stereocenters. The molecule has 4 atom stereocenters. The Labute approximate surface area is 358 Å². The fourth-order valence-electron chi connectivity index (χ4n) is 11.0. The summed E-state index contributed by atoms with van der Waals surface area (Å²) in [6, 6.07) is 68.3. The molecule has 0 aromatic heterocycles. The number of hydrogen-bond donors (Lipinski definition) is 0. The van der Waals surface area contributed by atoms with E-state index >= 15 is 0 Å². The molecule has 0 radical (unpaired) electrons. The van der Waals surface area contributed by atoms with Crippen LogP contribution in [0.3, 0.4) is 0 Å². The van der Waals surface area contributed by atoms with E-state index in [1.165, 1.54) is 54.9 Å². The van der Waals surface area contributed by atoms with Gasteiger partial charge in [0.1, 0.15) is 11.5 Å². The van der Waals surface area contributed by atoms with Crippen LogP contribution in [0, 0.1) is 11.8 Å². The monoisotopic (exact) mass is 785 g/mol. The summed E-state index contributed by atoms with van der Waals surface area (Å²) in [5.74, 6) is 2.43. The Balaban J connectivity index is 1.11. The van der Waals surface area contributed by atoms with Crippen molar-refractivity contribution in [2.24, 2.45) is 16.8 Å². The van der Waals surface area contributed by atoms with Gasteiger partial charge < -0.3 is 4.74 Å². The molecule has 0 amide bonds. The quantitative estimate of drug-likeness (QED) is 0.122. The number of hydrogen-bond acceptors (Lipinski definition) is 2. The topological polar surface area (TPSA) is 21.6 Å². The van der Waals surface area contributed by atoms with Gasteiger partial charge in [0.25, 0.3) is 0 Å². The van der Waals surface area contributed by atoms with Gasteiger partial charge in [-0.3, -0.25) is 4.99 Å². The Hall–Kier alpha value is -7.03. The fourth-order valence-corrected chi connectivity index (χ4v) is 11.0. The maximum Gasteiger partial charge on any atom is 0.131 e. The first-order valence-electron chi connectivity index (χ1n) is 21.7. The summed E-state index contributed by atoms with van der Waals surface area (Å²) in [6.07, 6.45) is 9.01. The van der Waals surface area contributed by atoms with Crippen LogP contribution >= 0.6 is 0 Å². The van der Waals surface area contributed by atoms with Gasteiger partial charge in [-0.05, 0) is 104 Å². The molecular weight excluding hydrogens is 739 g/mol. The highest BCUT2D eigenvalue weighted by Gasteiger charge is 2.54. The van der Waals surface area contributed by atoms with Crippen LogP contribution in [0.15, 0.2) is 223 Å². The van der Waals surface area contributed by atoms with Crippen LogP contribution in [0.5, 0.6) is 11.5 Å². The first-order chi connectivity index (χ1) is 30.1. The second kappa shape index (κ2) is 15.2. The molecule has 2 heterocycles. The van der Waals surface area contributed by atoms with E-state index in [9.17, 15) is 0 Å². The minimum atomic E-state index is -0.490. The van der Waals surface area contributed by atoms with Gasteiger partial charge in [-0.25, -0.2) is 0 Å². The third-order valence-electron chi connectivity index (χ3n) is 13.6. The minimum Gasteiger partial charge on any atom is -0.457 e. The van der Waals surface area contributed by atoms with Gasteiger partial charge in [0.15, 0.2) is 0 Å². The van der Waals surface area contributed by atoms with Crippen molar-refractivity contribution in [3.63, 3.8) is 0 Å². The molecule has 2 aliphatic heterocycles. The van der Waals surface area contributed by atoms with Gasteiger partial charge in [-0.2, -0.15) is 0 Å². The number of rotatable bonds is 6. The van der Waals surface area contributed by atoms with E-state index in [-0.39, 0.29) is 17.9 Å². The number of aliphatic imine (C=N–C) groups is 1. The Kier molecular flexibility index (Phi) is 9.23. The smallest absolute Gasteiger partial charge is 0.131 e. The first kappa shape index (κ1) is 37.0. The van der Waals surface area contributed by atoms with Crippen LogP contribution in [-0.2, 0) is 5.41 Å². The number of fused-ring (bicyclic) bond motifs is 5. The van der Waals surface area contributed by atoms with Crippen molar-refractivity contribution in [1.29, 1.82) is 0 Å². The average Bonchev–Trinajstić information content (AvgIpc) is 3.50. The molecule has 11 rings (SSSR count). The minimum absolute atomic E-state index is 0.0797. The van der Waals surface area contributed by atoms with Crippen molar-refractivity contribution in [3.8, 4) is 11.5 Å². The molecule has 61 heavy (non-hydrogen) atoms. The molecule has 0 N–H and O–H groups in total. The van der Waals surface area contributed by atoms with E-state index < -0.39 is 5.41 Å². The van der Waals surface area contributed by atoms with Crippen molar-refractivity contribution in [3.05, 3.63) is 257 Å². The van der Waals surface area contributed by atoms with Gasteiger partial charge in [-0.1, -0.05) is 196 Å². The fraction of sp³-hybridized carbons (Fsp3) is 0.136. The Bertz CT molecular complexity index is 3020. The van der Waals surface area contributed by atoms with E-state index in [1.54, 1.807) is 0 Å². The number of para-hydroxylation sites is 2. The zero-order chi connectivity index (χ0) is 40.9. The summed E-state index contributed by atoms with van der Waals surface area (Å²) >= 11 is 0. The van der Waals surface area contributed by atoms with Crippen LogP contribution in [0.25, 0.3) is 27.1 Å². The van der Waals surface area contributed by atoms with Crippen molar-refractivity contribution < 1.29 is 4.74 Å². The number of allylic oxidation sites excluding steroid dienone is 4. The van der Waals surface area contributed by atoms with Crippen LogP contribution in [-0.4, -0.2) is 5.71 Å². The zero-order valence-electron chi connectivity index (χ0n) is 34.4. The van der Waals surface area contributed by atoms with Crippen LogP contribution < -0.4 is 4.74 Å². The third kappa shape index (κ3) is 6.20. The first-order valence-corrected chi connectivity index (χ1v) is 21.7. The lowest BCUT2D eigenvalue weighted by Gasteiger charge is -2.52. The summed E-state index contributed by atoms with van der Waals surface area (Å²) in [6.45, 7) is 7.25.